The number of carbonyl (C=O) groups is 2. The summed E-state index contributed by atoms with van der Waals surface area (Å²) in [7, 11) is 0. The van der Waals surface area contributed by atoms with Crippen molar-refractivity contribution >= 4 is 11.9 Å². The minimum absolute atomic E-state index is 0. The molecule has 0 bridgehead atoms. The van der Waals surface area contributed by atoms with Crippen LogP contribution in [0.1, 0.15) is 364 Å². The molecule has 0 spiro atoms. The molecule has 0 aliphatic carbocycles. The number of aliphatic carboxylic acids is 2. The zero-order valence-electron chi connectivity index (χ0n) is 65.6. The molecule has 0 fully saturated rings. The van der Waals surface area contributed by atoms with Crippen LogP contribution in [0, 0.1) is 59.2 Å². The second-order valence-electron chi connectivity index (χ2n) is 25.8. The molecular formula is C74H166KLiO8. The number of hydrogen-bond acceptors (Lipinski definition) is 8. The van der Waals surface area contributed by atoms with Gasteiger partial charge in [0.2, 0.25) is 0 Å². The van der Waals surface area contributed by atoms with Gasteiger partial charge in [0.05, 0.1) is 38.6 Å². The Bertz CT molecular complexity index is 835. The van der Waals surface area contributed by atoms with Crippen LogP contribution in [-0.2, 0) is 28.5 Å². The van der Waals surface area contributed by atoms with Crippen molar-refractivity contribution in [3.8, 4) is 0 Å². The molecule has 512 valence electrons. The van der Waals surface area contributed by atoms with Gasteiger partial charge in [-0.05, 0) is 124 Å². The second-order valence-corrected chi connectivity index (χ2v) is 25.8. The van der Waals surface area contributed by atoms with Gasteiger partial charge < -0.3 is 38.7 Å². The van der Waals surface area contributed by atoms with Gasteiger partial charge in [-0.1, -0.05) is 299 Å². The fourth-order valence-corrected chi connectivity index (χ4v) is 2.36. The Morgan fingerprint density at radius 3 is 0.536 bits per heavy atom. The van der Waals surface area contributed by atoms with Gasteiger partial charge in [0.15, 0.2) is 0 Å². The number of rotatable bonds is 32. The molecule has 10 heteroatoms. The summed E-state index contributed by atoms with van der Waals surface area (Å²) in [4.78, 5) is 20.2. The van der Waals surface area contributed by atoms with Crippen LogP contribution in [0.3, 0.4) is 0 Å². The van der Waals surface area contributed by atoms with Gasteiger partial charge >= 0.3 is 70.2 Å². The standard InChI is InChI=1S/2C12H24O4.10C5H12.K.Li/c2*1-3-11(2)16-10-9-15-8-6-4-5-7-12(13)14;10*1-4-5(2)3;;/h2*11H,3-10H2,1-2H3,(H,13,14);10*5H,4H2,1-3H3;;/q;;;;;;;;;;;;2*+1/p-2. The van der Waals surface area contributed by atoms with Crippen molar-refractivity contribution in [2.45, 2.75) is 376 Å². The van der Waals surface area contributed by atoms with Crippen LogP contribution in [0.15, 0.2) is 0 Å². The topological polar surface area (TPSA) is 117 Å². The van der Waals surface area contributed by atoms with Crippen LogP contribution in [0.25, 0.3) is 0 Å². The number of carboxylic acid groups (broad SMARTS) is 2. The SMILES string of the molecule is CCC(C)C.CCC(C)C.CCC(C)C.CCC(C)C.CCC(C)C.CCC(C)C.CCC(C)C.CCC(C)C.CCC(C)C.CCC(C)C.CCC(C)OCCOCCCCCC(=O)[O-].CCC(C)OCCOCCCCCC(=O)[O-].[K+].[Li+]. The molecule has 0 N–H and O–H groups in total. The van der Waals surface area contributed by atoms with Gasteiger partial charge in [-0.15, -0.1) is 0 Å². The van der Waals surface area contributed by atoms with E-state index in [4.69, 9.17) is 18.9 Å². The molecule has 0 aromatic carbocycles. The molecule has 0 radical (unpaired) electrons. The monoisotopic (exact) mass is 1230 g/mol. The molecular weight excluding hydrogens is 1060 g/mol. The third-order valence-corrected chi connectivity index (χ3v) is 12.9. The maximum absolute atomic E-state index is 10.1. The van der Waals surface area contributed by atoms with E-state index in [1.807, 2.05) is 13.8 Å². The van der Waals surface area contributed by atoms with E-state index < -0.39 is 11.9 Å². The summed E-state index contributed by atoms with van der Waals surface area (Å²) in [5.41, 5.74) is 0. The molecule has 0 saturated carbocycles. The molecule has 0 rings (SSSR count). The van der Waals surface area contributed by atoms with Crippen molar-refractivity contribution in [3.05, 3.63) is 0 Å². The van der Waals surface area contributed by atoms with Gasteiger partial charge in [-0.2, -0.15) is 0 Å². The average molecular weight is 1230 g/mol. The molecule has 0 heterocycles. The minimum atomic E-state index is -0.970. The third-order valence-electron chi connectivity index (χ3n) is 12.9. The predicted octanol–water partition coefficient (Wildman–Crippen LogP) is 16.8. The van der Waals surface area contributed by atoms with E-state index in [0.717, 1.165) is 97.7 Å². The molecule has 0 saturated heterocycles. The zero-order chi connectivity index (χ0) is 67.3. The average Bonchev–Trinajstić information content (AvgIpc) is 3.43. The van der Waals surface area contributed by atoms with Gasteiger partial charge in [0, 0.05) is 25.2 Å². The molecule has 2 atom stereocenters. The summed E-state index contributed by atoms with van der Waals surface area (Å²) in [5, 5.41) is 20.2. The maximum atomic E-state index is 10.1. The van der Waals surface area contributed by atoms with Crippen LogP contribution in [0.4, 0.5) is 0 Å². The Kier molecular flexibility index (Phi) is 154. The van der Waals surface area contributed by atoms with E-state index in [0.29, 0.717) is 64.7 Å². The largest absolute Gasteiger partial charge is 1.00 e. The van der Waals surface area contributed by atoms with E-state index in [2.05, 4.69) is 222 Å². The number of carbonyl (C=O) groups excluding carboxylic acids is 2. The number of carboxylic acids is 2. The summed E-state index contributed by atoms with van der Waals surface area (Å²) >= 11 is 0. The van der Waals surface area contributed by atoms with Crippen LogP contribution in [0.2, 0.25) is 0 Å². The van der Waals surface area contributed by atoms with Crippen molar-refractivity contribution < 1.29 is 109 Å². The van der Waals surface area contributed by atoms with Crippen molar-refractivity contribution in [2.75, 3.05) is 39.6 Å². The number of unbranched alkanes of at least 4 members (excludes halogenated alkanes) is 4. The van der Waals surface area contributed by atoms with Crippen LogP contribution < -0.4 is 80.5 Å². The Morgan fingerprint density at radius 1 is 0.262 bits per heavy atom. The molecule has 0 aliphatic rings. The molecule has 2 unspecified atom stereocenters. The van der Waals surface area contributed by atoms with E-state index in [-0.39, 0.29) is 83.1 Å². The normalized spacial score (nSPS) is 10.5. The first kappa shape index (κ1) is 119. The first-order valence-corrected chi connectivity index (χ1v) is 34.8. The zero-order valence-corrected chi connectivity index (χ0v) is 68.7. The third kappa shape index (κ3) is 232. The summed E-state index contributed by atoms with van der Waals surface area (Å²) in [5.74, 6) is 6.90. The van der Waals surface area contributed by atoms with E-state index in [1.54, 1.807) is 0 Å². The summed E-state index contributed by atoms with van der Waals surface area (Å²) in [6.07, 6.45) is 20.9. The molecule has 84 heavy (non-hydrogen) atoms. The van der Waals surface area contributed by atoms with Crippen LogP contribution in [-0.4, -0.2) is 63.8 Å². The summed E-state index contributed by atoms with van der Waals surface area (Å²) in [6, 6.07) is 0. The van der Waals surface area contributed by atoms with Gasteiger partial charge in [0.1, 0.15) is 0 Å². The van der Waals surface area contributed by atoms with Gasteiger partial charge in [-0.25, -0.2) is 0 Å². The van der Waals surface area contributed by atoms with Crippen LogP contribution >= 0.6 is 0 Å². The quantitative estimate of drug-likeness (QED) is 0.0483. The van der Waals surface area contributed by atoms with Crippen molar-refractivity contribution in [3.63, 3.8) is 0 Å². The maximum Gasteiger partial charge on any atom is 1.00 e. The Labute approximate surface area is 590 Å². The van der Waals surface area contributed by atoms with Crippen molar-refractivity contribution in [2.24, 2.45) is 59.2 Å². The fraction of sp³-hybridized carbons (Fsp3) is 0.973. The molecule has 0 aliphatic heterocycles. The fourth-order valence-electron chi connectivity index (χ4n) is 2.36. The Hall–Kier alpha value is 1.01. The van der Waals surface area contributed by atoms with Gasteiger partial charge in [-0.3, -0.25) is 0 Å². The van der Waals surface area contributed by atoms with Crippen molar-refractivity contribution in [1.82, 2.24) is 0 Å². The first-order chi connectivity index (χ1) is 38.0. The molecule has 0 amide bonds. The smallest absolute Gasteiger partial charge is 0.550 e. The minimum Gasteiger partial charge on any atom is -0.550 e. The van der Waals surface area contributed by atoms with E-state index in [9.17, 15) is 19.8 Å². The Balaban J connectivity index is -0.0000000553. The van der Waals surface area contributed by atoms with Crippen molar-refractivity contribution in [1.29, 1.82) is 0 Å². The molecule has 0 aromatic rings. The van der Waals surface area contributed by atoms with E-state index in [1.165, 1.54) is 64.2 Å². The Morgan fingerprint density at radius 2 is 0.417 bits per heavy atom. The molecule has 8 nitrogen and oxygen atoms in total. The summed E-state index contributed by atoms with van der Waals surface area (Å²) < 4.78 is 21.6. The number of hydrogen-bond donors (Lipinski definition) is 0. The first-order valence-electron chi connectivity index (χ1n) is 34.8. The van der Waals surface area contributed by atoms with Gasteiger partial charge in [0.25, 0.3) is 0 Å². The predicted molar refractivity (Wildman–Crippen MR) is 371 cm³/mol. The number of ether oxygens (including phenoxy) is 4. The van der Waals surface area contributed by atoms with E-state index >= 15 is 0 Å². The van der Waals surface area contributed by atoms with Crippen LogP contribution in [0.5, 0.6) is 0 Å². The molecule has 0 aromatic heterocycles. The second kappa shape index (κ2) is 109. The summed E-state index contributed by atoms with van der Waals surface area (Å²) in [6.45, 7) is 78.5.